The highest BCUT2D eigenvalue weighted by Crippen LogP contribution is 2.16. The van der Waals surface area contributed by atoms with Crippen LogP contribution in [0.1, 0.15) is 15.9 Å². The van der Waals surface area contributed by atoms with Crippen molar-refractivity contribution in [2.24, 2.45) is 0 Å². The standard InChI is InChI=1S/C20H20N6O2/c21-14-15-2-1-3-17(12-15)22-20(27)16-4-5-19-18(13-16)23-24-26(19)7-6-25-8-10-28-11-9-25/h1-5,12-13H,6-11H2,(H,22,27). The van der Waals surface area contributed by atoms with Crippen LogP contribution in [0.15, 0.2) is 42.5 Å². The second-order valence-electron chi connectivity index (χ2n) is 6.62. The normalized spacial score (nSPS) is 14.7. The number of fused-ring (bicyclic) bond motifs is 1. The maximum atomic E-state index is 12.5. The summed E-state index contributed by atoms with van der Waals surface area (Å²) in [6.45, 7) is 5.04. The van der Waals surface area contributed by atoms with Gasteiger partial charge >= 0.3 is 0 Å². The highest BCUT2D eigenvalue weighted by Gasteiger charge is 2.13. The Morgan fingerprint density at radius 3 is 2.86 bits per heavy atom. The number of hydrogen-bond acceptors (Lipinski definition) is 6. The molecule has 0 bridgehead atoms. The van der Waals surface area contributed by atoms with E-state index in [-0.39, 0.29) is 5.91 Å². The molecule has 8 nitrogen and oxygen atoms in total. The number of hydrogen-bond donors (Lipinski definition) is 1. The number of amides is 1. The summed E-state index contributed by atoms with van der Waals surface area (Å²) in [5.74, 6) is -0.250. The number of aromatic nitrogens is 3. The number of carbonyl (C=O) groups excluding carboxylic acids is 1. The van der Waals surface area contributed by atoms with E-state index in [2.05, 4.69) is 26.6 Å². The minimum absolute atomic E-state index is 0.250. The molecule has 1 amide bonds. The molecule has 1 aliphatic rings. The molecular weight excluding hydrogens is 356 g/mol. The molecule has 28 heavy (non-hydrogen) atoms. The molecule has 0 radical (unpaired) electrons. The fraction of sp³-hybridized carbons (Fsp3) is 0.300. The van der Waals surface area contributed by atoms with Crippen molar-refractivity contribution in [3.63, 3.8) is 0 Å². The van der Waals surface area contributed by atoms with E-state index in [4.69, 9.17) is 10.00 Å². The summed E-state index contributed by atoms with van der Waals surface area (Å²) in [6, 6.07) is 14.2. The van der Waals surface area contributed by atoms with Crippen molar-refractivity contribution in [3.8, 4) is 6.07 Å². The van der Waals surface area contributed by atoms with Crippen LogP contribution in [0, 0.1) is 11.3 Å². The first-order chi connectivity index (χ1) is 13.7. The monoisotopic (exact) mass is 376 g/mol. The Hall–Kier alpha value is -3.28. The first-order valence-electron chi connectivity index (χ1n) is 9.18. The van der Waals surface area contributed by atoms with Gasteiger partial charge in [0.15, 0.2) is 0 Å². The van der Waals surface area contributed by atoms with Gasteiger partial charge in [-0.3, -0.25) is 9.69 Å². The lowest BCUT2D eigenvalue weighted by Crippen LogP contribution is -2.38. The van der Waals surface area contributed by atoms with Crippen LogP contribution < -0.4 is 5.32 Å². The van der Waals surface area contributed by atoms with E-state index in [0.717, 1.165) is 44.9 Å². The number of nitriles is 1. The number of nitrogens with one attached hydrogen (secondary N) is 1. The molecule has 0 saturated carbocycles. The second-order valence-corrected chi connectivity index (χ2v) is 6.62. The summed E-state index contributed by atoms with van der Waals surface area (Å²) in [5.41, 5.74) is 3.15. The van der Waals surface area contributed by atoms with E-state index < -0.39 is 0 Å². The second kappa shape index (κ2) is 8.17. The molecule has 0 spiro atoms. The third kappa shape index (κ3) is 4.01. The first-order valence-corrected chi connectivity index (χ1v) is 9.18. The van der Waals surface area contributed by atoms with Gasteiger partial charge in [-0.2, -0.15) is 5.26 Å². The van der Waals surface area contributed by atoms with Crippen molar-refractivity contribution in [3.05, 3.63) is 53.6 Å². The number of rotatable bonds is 5. The van der Waals surface area contributed by atoms with Crippen molar-refractivity contribution < 1.29 is 9.53 Å². The summed E-state index contributed by atoms with van der Waals surface area (Å²) in [5, 5.41) is 20.2. The molecular formula is C20H20N6O2. The smallest absolute Gasteiger partial charge is 0.255 e. The van der Waals surface area contributed by atoms with E-state index in [1.807, 2.05) is 10.7 Å². The average molecular weight is 376 g/mol. The third-order valence-corrected chi connectivity index (χ3v) is 4.76. The molecule has 0 atom stereocenters. The topological polar surface area (TPSA) is 96.1 Å². The molecule has 1 aliphatic heterocycles. The molecule has 1 N–H and O–H groups in total. The van der Waals surface area contributed by atoms with Gasteiger partial charge in [-0.15, -0.1) is 5.10 Å². The summed E-state index contributed by atoms with van der Waals surface area (Å²) >= 11 is 0. The van der Waals surface area contributed by atoms with Crippen LogP contribution in [0.25, 0.3) is 11.0 Å². The number of carbonyl (C=O) groups is 1. The van der Waals surface area contributed by atoms with Gasteiger partial charge in [-0.1, -0.05) is 11.3 Å². The van der Waals surface area contributed by atoms with Crippen molar-refractivity contribution in [2.75, 3.05) is 38.2 Å². The minimum atomic E-state index is -0.250. The number of nitrogens with zero attached hydrogens (tertiary/aromatic N) is 5. The van der Waals surface area contributed by atoms with Crippen LogP contribution in [-0.2, 0) is 11.3 Å². The SMILES string of the molecule is N#Cc1cccc(NC(=O)c2ccc3c(c2)nnn3CCN2CCOCC2)c1. The molecule has 8 heteroatoms. The zero-order valence-corrected chi connectivity index (χ0v) is 15.3. The first kappa shape index (κ1) is 18.1. The fourth-order valence-electron chi connectivity index (χ4n) is 3.21. The van der Waals surface area contributed by atoms with Crippen LogP contribution in [0.2, 0.25) is 0 Å². The molecule has 4 rings (SSSR count). The molecule has 2 aromatic carbocycles. The van der Waals surface area contributed by atoms with Crippen LogP contribution in [0.4, 0.5) is 5.69 Å². The third-order valence-electron chi connectivity index (χ3n) is 4.76. The Kier molecular flexibility index (Phi) is 5.28. The van der Waals surface area contributed by atoms with Crippen molar-refractivity contribution in [2.45, 2.75) is 6.54 Å². The Morgan fingerprint density at radius 1 is 1.18 bits per heavy atom. The van der Waals surface area contributed by atoms with Gasteiger partial charge in [0.1, 0.15) is 5.52 Å². The lowest BCUT2D eigenvalue weighted by Gasteiger charge is -2.26. The molecule has 1 fully saturated rings. The molecule has 1 aromatic heterocycles. The lowest BCUT2D eigenvalue weighted by molar-refractivity contribution is 0.0360. The maximum Gasteiger partial charge on any atom is 0.255 e. The summed E-state index contributed by atoms with van der Waals surface area (Å²) in [4.78, 5) is 14.9. The van der Waals surface area contributed by atoms with E-state index >= 15 is 0 Å². The van der Waals surface area contributed by atoms with Crippen molar-refractivity contribution in [1.29, 1.82) is 5.26 Å². The van der Waals surface area contributed by atoms with Gasteiger partial charge < -0.3 is 10.1 Å². The van der Waals surface area contributed by atoms with E-state index in [1.165, 1.54) is 0 Å². The summed E-state index contributed by atoms with van der Waals surface area (Å²) < 4.78 is 7.23. The zero-order valence-electron chi connectivity index (χ0n) is 15.3. The number of morpholine rings is 1. The lowest BCUT2D eigenvalue weighted by atomic mass is 10.1. The van der Waals surface area contributed by atoms with E-state index in [1.54, 1.807) is 36.4 Å². The van der Waals surface area contributed by atoms with Crippen molar-refractivity contribution >= 4 is 22.6 Å². The highest BCUT2D eigenvalue weighted by molar-refractivity contribution is 6.05. The zero-order chi connectivity index (χ0) is 19.3. The summed E-state index contributed by atoms with van der Waals surface area (Å²) in [6.07, 6.45) is 0. The van der Waals surface area contributed by atoms with Gasteiger partial charge in [0.2, 0.25) is 0 Å². The maximum absolute atomic E-state index is 12.5. The van der Waals surface area contributed by atoms with Crippen molar-refractivity contribution in [1.82, 2.24) is 19.9 Å². The van der Waals surface area contributed by atoms with Crippen LogP contribution in [-0.4, -0.2) is 58.6 Å². The van der Waals surface area contributed by atoms with Gasteiger partial charge in [-0.25, -0.2) is 4.68 Å². The van der Waals surface area contributed by atoms with Crippen LogP contribution in [0.3, 0.4) is 0 Å². The van der Waals surface area contributed by atoms with Crippen LogP contribution in [0.5, 0.6) is 0 Å². The minimum Gasteiger partial charge on any atom is -0.379 e. The van der Waals surface area contributed by atoms with Gasteiger partial charge in [0.25, 0.3) is 5.91 Å². The summed E-state index contributed by atoms with van der Waals surface area (Å²) in [7, 11) is 0. The molecule has 0 unspecified atom stereocenters. The van der Waals surface area contributed by atoms with E-state index in [9.17, 15) is 4.79 Å². The largest absolute Gasteiger partial charge is 0.379 e. The number of anilines is 1. The van der Waals surface area contributed by atoms with Crippen LogP contribution >= 0.6 is 0 Å². The van der Waals surface area contributed by atoms with Gasteiger partial charge in [0, 0.05) is 30.9 Å². The quantitative estimate of drug-likeness (QED) is 0.730. The average Bonchev–Trinajstić information content (AvgIpc) is 3.15. The Bertz CT molecular complexity index is 1030. The molecule has 2 heterocycles. The van der Waals surface area contributed by atoms with Gasteiger partial charge in [0.05, 0.1) is 36.9 Å². The Balaban J connectivity index is 1.45. The Morgan fingerprint density at radius 2 is 2.04 bits per heavy atom. The fourth-order valence-corrected chi connectivity index (χ4v) is 3.21. The molecule has 3 aromatic rings. The Labute approximate surface area is 162 Å². The molecule has 142 valence electrons. The van der Waals surface area contributed by atoms with Gasteiger partial charge in [-0.05, 0) is 36.4 Å². The molecule has 0 aliphatic carbocycles. The molecule has 1 saturated heterocycles. The number of ether oxygens (including phenoxy) is 1. The predicted molar refractivity (Wildman–Crippen MR) is 104 cm³/mol. The highest BCUT2D eigenvalue weighted by atomic mass is 16.5. The van der Waals surface area contributed by atoms with E-state index in [0.29, 0.717) is 22.3 Å². The number of benzene rings is 2. The predicted octanol–water partition coefficient (Wildman–Crippen LogP) is 1.89.